The van der Waals surface area contributed by atoms with Gasteiger partial charge in [-0.15, -0.1) is 0 Å². The topological polar surface area (TPSA) is 47.6 Å². The van der Waals surface area contributed by atoms with E-state index in [-0.39, 0.29) is 0 Å². The van der Waals surface area contributed by atoms with Gasteiger partial charge in [-0.3, -0.25) is 0 Å². The Labute approximate surface area is 71.8 Å². The van der Waals surface area contributed by atoms with Crippen LogP contribution in [0, 0.1) is 0 Å². The van der Waals surface area contributed by atoms with Crippen LogP contribution >= 0.6 is 0 Å². The number of rotatable bonds is 3. The second-order valence-corrected chi connectivity index (χ2v) is 2.39. The highest BCUT2D eigenvalue weighted by Crippen LogP contribution is 2.11. The third kappa shape index (κ3) is 2.27. The van der Waals surface area contributed by atoms with Crippen molar-refractivity contribution in [1.82, 2.24) is 0 Å². The van der Waals surface area contributed by atoms with Crippen LogP contribution in [0.2, 0.25) is 0 Å². The molecule has 0 bridgehead atoms. The van der Waals surface area contributed by atoms with E-state index in [0.29, 0.717) is 0 Å². The zero-order chi connectivity index (χ0) is 8.81. The number of methoxy groups -OCH3 is 1. The van der Waals surface area contributed by atoms with Crippen molar-refractivity contribution < 1.29 is 4.74 Å². The smallest absolute Gasteiger partial charge is 0.119 e. The molecule has 0 saturated heterocycles. The number of hydrazone groups is 1. The Hall–Kier alpha value is -1.51. The van der Waals surface area contributed by atoms with Gasteiger partial charge in [0.25, 0.3) is 0 Å². The molecule has 1 aromatic rings. The third-order valence-electron chi connectivity index (χ3n) is 1.57. The molecule has 0 aliphatic carbocycles. The number of ether oxygens (including phenoxy) is 1. The first-order valence-corrected chi connectivity index (χ1v) is 3.71. The molecule has 0 aromatic heterocycles. The van der Waals surface area contributed by atoms with E-state index in [1.54, 1.807) is 13.3 Å². The molecule has 12 heavy (non-hydrogen) atoms. The summed E-state index contributed by atoms with van der Waals surface area (Å²) >= 11 is 0. The second kappa shape index (κ2) is 4.38. The lowest BCUT2D eigenvalue weighted by atomic mass is 10.1. The lowest BCUT2D eigenvalue weighted by Crippen LogP contribution is -1.90. The monoisotopic (exact) mass is 164 g/mol. The molecule has 0 unspecified atom stereocenters. The summed E-state index contributed by atoms with van der Waals surface area (Å²) in [6.07, 6.45) is 2.41. The summed E-state index contributed by atoms with van der Waals surface area (Å²) in [7, 11) is 1.65. The van der Waals surface area contributed by atoms with Crippen molar-refractivity contribution in [3.8, 4) is 5.75 Å². The second-order valence-electron chi connectivity index (χ2n) is 2.39. The summed E-state index contributed by atoms with van der Waals surface area (Å²) in [4.78, 5) is 0. The largest absolute Gasteiger partial charge is 0.497 e. The standard InChI is InChI=1S/C9H12N2O/c1-12-9-4-2-3-8(7-9)5-6-11-10/h2-4,6-7H,5,10H2,1H3/b11-6+. The van der Waals surface area contributed by atoms with Crippen molar-refractivity contribution in [2.75, 3.05) is 7.11 Å². The molecule has 3 heteroatoms. The van der Waals surface area contributed by atoms with Crippen LogP contribution in [0.5, 0.6) is 5.75 Å². The lowest BCUT2D eigenvalue weighted by molar-refractivity contribution is 0.414. The quantitative estimate of drug-likeness (QED) is 0.414. The zero-order valence-corrected chi connectivity index (χ0v) is 7.03. The van der Waals surface area contributed by atoms with Gasteiger partial charge >= 0.3 is 0 Å². The van der Waals surface area contributed by atoms with Crippen molar-refractivity contribution in [3.63, 3.8) is 0 Å². The van der Waals surface area contributed by atoms with E-state index in [1.165, 1.54) is 0 Å². The van der Waals surface area contributed by atoms with E-state index in [4.69, 9.17) is 10.6 Å². The van der Waals surface area contributed by atoms with Crippen LogP contribution in [-0.4, -0.2) is 13.3 Å². The molecule has 0 heterocycles. The predicted molar refractivity (Wildman–Crippen MR) is 49.4 cm³/mol. The van der Waals surface area contributed by atoms with Gasteiger partial charge in [0.1, 0.15) is 5.75 Å². The van der Waals surface area contributed by atoms with Crippen molar-refractivity contribution in [2.45, 2.75) is 6.42 Å². The van der Waals surface area contributed by atoms with Gasteiger partial charge in [-0.05, 0) is 17.7 Å². The zero-order valence-electron chi connectivity index (χ0n) is 7.03. The fourth-order valence-corrected chi connectivity index (χ4v) is 0.958. The molecule has 0 aliphatic heterocycles. The van der Waals surface area contributed by atoms with Crippen LogP contribution in [0.4, 0.5) is 0 Å². The van der Waals surface area contributed by atoms with Gasteiger partial charge in [-0.1, -0.05) is 12.1 Å². The molecule has 1 rings (SSSR count). The van der Waals surface area contributed by atoms with Gasteiger partial charge in [0.15, 0.2) is 0 Å². The van der Waals surface area contributed by atoms with Crippen molar-refractivity contribution in [3.05, 3.63) is 29.8 Å². The van der Waals surface area contributed by atoms with Gasteiger partial charge < -0.3 is 10.6 Å². The van der Waals surface area contributed by atoms with Crippen molar-refractivity contribution >= 4 is 6.21 Å². The van der Waals surface area contributed by atoms with Gasteiger partial charge in [0, 0.05) is 12.6 Å². The first-order valence-electron chi connectivity index (χ1n) is 3.71. The molecule has 0 fully saturated rings. The highest BCUT2D eigenvalue weighted by atomic mass is 16.5. The minimum absolute atomic E-state index is 0.744. The van der Waals surface area contributed by atoms with E-state index in [1.807, 2.05) is 24.3 Å². The SMILES string of the molecule is COc1cccc(C/C=N/N)c1. The van der Waals surface area contributed by atoms with Crippen LogP contribution in [0.15, 0.2) is 29.4 Å². The Kier molecular flexibility index (Phi) is 3.14. The fourth-order valence-electron chi connectivity index (χ4n) is 0.958. The maximum absolute atomic E-state index is 5.06. The Bertz CT molecular complexity index is 271. The molecule has 3 nitrogen and oxygen atoms in total. The summed E-state index contributed by atoms with van der Waals surface area (Å²) in [6, 6.07) is 7.81. The number of nitrogens with two attached hydrogens (primary N) is 1. The van der Waals surface area contributed by atoms with Crippen LogP contribution in [0.1, 0.15) is 5.56 Å². The molecule has 64 valence electrons. The number of benzene rings is 1. The summed E-state index contributed by atoms with van der Waals surface area (Å²) in [5.41, 5.74) is 1.14. The summed E-state index contributed by atoms with van der Waals surface area (Å²) in [5.74, 6) is 5.84. The van der Waals surface area contributed by atoms with Gasteiger partial charge in [0.05, 0.1) is 7.11 Å². The van der Waals surface area contributed by atoms with Crippen molar-refractivity contribution in [2.24, 2.45) is 10.9 Å². The van der Waals surface area contributed by atoms with Gasteiger partial charge in [-0.25, -0.2) is 0 Å². The average Bonchev–Trinajstić information content (AvgIpc) is 2.15. The van der Waals surface area contributed by atoms with E-state index in [0.717, 1.165) is 17.7 Å². The fraction of sp³-hybridized carbons (Fsp3) is 0.222. The summed E-state index contributed by atoms with van der Waals surface area (Å²) < 4.78 is 5.06. The number of nitrogens with zero attached hydrogens (tertiary/aromatic N) is 1. The summed E-state index contributed by atoms with van der Waals surface area (Å²) in [6.45, 7) is 0. The Morgan fingerprint density at radius 2 is 2.42 bits per heavy atom. The van der Waals surface area contributed by atoms with Crippen molar-refractivity contribution in [1.29, 1.82) is 0 Å². The molecule has 0 atom stereocenters. The predicted octanol–water partition coefficient (Wildman–Crippen LogP) is 1.18. The van der Waals surface area contributed by atoms with E-state index in [2.05, 4.69) is 5.10 Å². The van der Waals surface area contributed by atoms with E-state index < -0.39 is 0 Å². The van der Waals surface area contributed by atoms with Crippen LogP contribution < -0.4 is 10.6 Å². The van der Waals surface area contributed by atoms with Gasteiger partial charge in [-0.2, -0.15) is 5.10 Å². The highest BCUT2D eigenvalue weighted by Gasteiger charge is 1.92. The number of hydrogen-bond acceptors (Lipinski definition) is 3. The lowest BCUT2D eigenvalue weighted by Gasteiger charge is -2.00. The first kappa shape index (κ1) is 8.59. The molecule has 2 N–H and O–H groups in total. The van der Waals surface area contributed by atoms with Crippen LogP contribution in [0.3, 0.4) is 0 Å². The molecule has 0 spiro atoms. The molecule has 0 amide bonds. The molecular formula is C9H12N2O. The van der Waals surface area contributed by atoms with Gasteiger partial charge in [0.2, 0.25) is 0 Å². The molecule has 1 aromatic carbocycles. The first-order chi connectivity index (χ1) is 5.86. The maximum atomic E-state index is 5.06. The third-order valence-corrected chi connectivity index (χ3v) is 1.57. The van der Waals surface area contributed by atoms with Crippen LogP contribution in [0.25, 0.3) is 0 Å². The normalized spacial score (nSPS) is 10.4. The minimum atomic E-state index is 0.744. The molecule has 0 aliphatic rings. The van der Waals surface area contributed by atoms with Crippen LogP contribution in [-0.2, 0) is 6.42 Å². The number of hydrogen-bond donors (Lipinski definition) is 1. The van der Waals surface area contributed by atoms with E-state index in [9.17, 15) is 0 Å². The summed E-state index contributed by atoms with van der Waals surface area (Å²) in [5, 5.41) is 3.42. The Morgan fingerprint density at radius 3 is 3.08 bits per heavy atom. The Morgan fingerprint density at radius 1 is 1.58 bits per heavy atom. The average molecular weight is 164 g/mol. The Balaban J connectivity index is 2.72. The molecule has 0 radical (unpaired) electrons. The highest BCUT2D eigenvalue weighted by molar-refractivity contribution is 5.61. The molecule has 0 saturated carbocycles. The molecular weight excluding hydrogens is 152 g/mol. The van der Waals surface area contributed by atoms with E-state index >= 15 is 0 Å². The maximum Gasteiger partial charge on any atom is 0.119 e. The minimum Gasteiger partial charge on any atom is -0.497 e.